The fraction of sp³-hybridized carbons (Fsp3) is 0.526. The van der Waals surface area contributed by atoms with E-state index >= 15 is 0 Å². The molecular weight excluding hydrogens is 375 g/mol. The summed E-state index contributed by atoms with van der Waals surface area (Å²) in [6.07, 6.45) is -7.46. The maximum absolute atomic E-state index is 15.0. The van der Waals surface area contributed by atoms with E-state index in [0.717, 1.165) is 26.3 Å². The van der Waals surface area contributed by atoms with Gasteiger partial charge in [0.25, 0.3) is 0 Å². The molecule has 0 unspecified atom stereocenters. The Morgan fingerprint density at radius 2 is 1.50 bits per heavy atom. The van der Waals surface area contributed by atoms with Crippen molar-refractivity contribution in [2.45, 2.75) is 58.2 Å². The van der Waals surface area contributed by atoms with Gasteiger partial charge in [-0.1, -0.05) is 30.3 Å². The van der Waals surface area contributed by atoms with Crippen LogP contribution in [0.5, 0.6) is 0 Å². The molecular formula is C19H23FO8. The third kappa shape index (κ3) is 6.28. The summed E-state index contributed by atoms with van der Waals surface area (Å²) in [6.45, 7) is 3.32. The molecule has 1 saturated heterocycles. The van der Waals surface area contributed by atoms with Crippen LogP contribution in [0.1, 0.15) is 26.3 Å². The van der Waals surface area contributed by atoms with E-state index in [1.165, 1.54) is 0 Å². The van der Waals surface area contributed by atoms with Crippen LogP contribution in [0.25, 0.3) is 0 Å². The predicted molar refractivity (Wildman–Crippen MR) is 92.5 cm³/mol. The maximum Gasteiger partial charge on any atom is 0.305 e. The van der Waals surface area contributed by atoms with Crippen molar-refractivity contribution in [1.29, 1.82) is 0 Å². The Bertz CT molecular complexity index is 680. The van der Waals surface area contributed by atoms with Gasteiger partial charge in [0.15, 0.2) is 12.3 Å². The second-order valence-electron chi connectivity index (χ2n) is 6.25. The number of esters is 3. The van der Waals surface area contributed by atoms with E-state index < -0.39 is 48.7 Å². The molecule has 0 aromatic heterocycles. The minimum atomic E-state index is -1.86. The fourth-order valence-electron chi connectivity index (χ4n) is 2.77. The van der Waals surface area contributed by atoms with Gasteiger partial charge in [0.2, 0.25) is 12.4 Å². The van der Waals surface area contributed by atoms with E-state index in [0.29, 0.717) is 0 Å². The van der Waals surface area contributed by atoms with Gasteiger partial charge in [-0.05, 0) is 5.56 Å². The predicted octanol–water partition coefficient (Wildman–Crippen LogP) is 1.69. The van der Waals surface area contributed by atoms with E-state index in [4.69, 9.17) is 23.7 Å². The lowest BCUT2D eigenvalue weighted by atomic mass is 10.00. The minimum absolute atomic E-state index is 0.196. The molecule has 0 saturated carbocycles. The summed E-state index contributed by atoms with van der Waals surface area (Å²) in [5.41, 5.74) is 0.875. The Kier molecular flexibility index (Phi) is 7.89. The highest BCUT2D eigenvalue weighted by Crippen LogP contribution is 2.29. The first-order valence-electron chi connectivity index (χ1n) is 8.70. The van der Waals surface area contributed by atoms with Crippen LogP contribution in [0.4, 0.5) is 4.39 Å². The maximum atomic E-state index is 15.0. The number of ether oxygens (including phenoxy) is 5. The third-order valence-corrected chi connectivity index (χ3v) is 3.85. The topological polar surface area (TPSA) is 97.4 Å². The highest BCUT2D eigenvalue weighted by atomic mass is 19.1. The van der Waals surface area contributed by atoms with Crippen LogP contribution in [-0.2, 0) is 44.7 Å². The molecule has 1 aliphatic heterocycles. The first-order valence-corrected chi connectivity index (χ1v) is 8.70. The molecule has 1 aliphatic rings. The van der Waals surface area contributed by atoms with Gasteiger partial charge in [-0.15, -0.1) is 0 Å². The second kappa shape index (κ2) is 10.1. The van der Waals surface area contributed by atoms with Gasteiger partial charge >= 0.3 is 17.9 Å². The van der Waals surface area contributed by atoms with Crippen molar-refractivity contribution in [3.63, 3.8) is 0 Å². The lowest BCUT2D eigenvalue weighted by molar-refractivity contribution is -0.290. The normalized spacial score (nSPS) is 26.9. The van der Waals surface area contributed by atoms with Gasteiger partial charge in [-0.25, -0.2) is 4.39 Å². The summed E-state index contributed by atoms with van der Waals surface area (Å²) in [6, 6.07) is 9.22. The van der Waals surface area contributed by atoms with E-state index in [2.05, 4.69) is 0 Å². The Hall–Kier alpha value is -2.52. The quantitative estimate of drug-likeness (QED) is 0.506. The summed E-state index contributed by atoms with van der Waals surface area (Å²) < 4.78 is 41.0. The molecule has 154 valence electrons. The highest BCUT2D eigenvalue weighted by molar-refractivity contribution is 5.68. The molecule has 0 radical (unpaired) electrons. The monoisotopic (exact) mass is 398 g/mol. The molecule has 0 amide bonds. The van der Waals surface area contributed by atoms with Gasteiger partial charge in [0, 0.05) is 20.8 Å². The van der Waals surface area contributed by atoms with Crippen LogP contribution in [0.15, 0.2) is 30.3 Å². The van der Waals surface area contributed by atoms with Crippen molar-refractivity contribution in [1.82, 2.24) is 0 Å². The van der Waals surface area contributed by atoms with Crippen molar-refractivity contribution >= 4 is 17.9 Å². The highest BCUT2D eigenvalue weighted by Gasteiger charge is 2.52. The molecule has 9 heteroatoms. The lowest BCUT2D eigenvalue weighted by Gasteiger charge is -2.41. The fourth-order valence-corrected chi connectivity index (χ4v) is 2.77. The van der Waals surface area contributed by atoms with E-state index in [-0.39, 0.29) is 13.2 Å². The van der Waals surface area contributed by atoms with Gasteiger partial charge in [-0.3, -0.25) is 14.4 Å². The van der Waals surface area contributed by atoms with Crippen molar-refractivity contribution in [3.8, 4) is 0 Å². The molecule has 0 bridgehead atoms. The van der Waals surface area contributed by atoms with E-state index in [1.807, 2.05) is 30.3 Å². The van der Waals surface area contributed by atoms with Crippen LogP contribution in [-0.4, -0.2) is 55.3 Å². The smallest absolute Gasteiger partial charge is 0.305 e. The number of hydrogen-bond donors (Lipinski definition) is 0. The molecule has 1 heterocycles. The SMILES string of the molecule is CC(=O)O[C@H]1O[C@H](COCc2ccccc2)[C@H](F)[C@H](OC(C)=O)[C@@H]1OC(C)=O. The molecule has 2 rings (SSSR count). The van der Waals surface area contributed by atoms with Crippen LogP contribution < -0.4 is 0 Å². The Labute approximate surface area is 161 Å². The summed E-state index contributed by atoms with van der Waals surface area (Å²) in [7, 11) is 0. The van der Waals surface area contributed by atoms with Gasteiger partial charge in [0.1, 0.15) is 6.10 Å². The van der Waals surface area contributed by atoms with Crippen molar-refractivity contribution in [2.24, 2.45) is 0 Å². The van der Waals surface area contributed by atoms with E-state index in [9.17, 15) is 18.8 Å². The molecule has 5 atom stereocenters. The summed E-state index contributed by atoms with van der Waals surface area (Å²) in [5, 5.41) is 0. The molecule has 28 heavy (non-hydrogen) atoms. The Morgan fingerprint density at radius 3 is 2.07 bits per heavy atom. The largest absolute Gasteiger partial charge is 0.455 e. The van der Waals surface area contributed by atoms with Gasteiger partial charge in [-0.2, -0.15) is 0 Å². The first-order chi connectivity index (χ1) is 13.3. The zero-order chi connectivity index (χ0) is 20.7. The number of hydrogen-bond acceptors (Lipinski definition) is 8. The molecule has 0 N–H and O–H groups in total. The molecule has 1 aromatic carbocycles. The van der Waals surface area contributed by atoms with Gasteiger partial charge in [0.05, 0.1) is 13.2 Å². The minimum Gasteiger partial charge on any atom is -0.455 e. The van der Waals surface area contributed by atoms with Crippen LogP contribution in [0, 0.1) is 0 Å². The van der Waals surface area contributed by atoms with Crippen LogP contribution in [0.3, 0.4) is 0 Å². The van der Waals surface area contributed by atoms with Crippen molar-refractivity contribution < 1.29 is 42.5 Å². The number of carbonyl (C=O) groups excluding carboxylic acids is 3. The number of carbonyl (C=O) groups is 3. The number of halogens is 1. The summed E-state index contributed by atoms with van der Waals surface area (Å²) >= 11 is 0. The average Bonchev–Trinajstić information content (AvgIpc) is 2.61. The second-order valence-corrected chi connectivity index (χ2v) is 6.25. The standard InChI is InChI=1S/C19H23FO8/c1-11(21)25-17-16(20)15(10-24-9-14-7-5-4-6-8-14)28-19(27-13(3)23)18(17)26-12(2)22/h4-8,15-19H,9-10H2,1-3H3/t15-,16+,17+,18+,19+/m1/s1. The Morgan fingerprint density at radius 1 is 0.929 bits per heavy atom. The molecule has 1 aromatic rings. The Balaban J connectivity index is 2.13. The lowest BCUT2D eigenvalue weighted by Crippen LogP contribution is -2.60. The number of alkyl halides is 1. The summed E-state index contributed by atoms with van der Waals surface area (Å²) in [4.78, 5) is 34.2. The summed E-state index contributed by atoms with van der Waals surface area (Å²) in [5.74, 6) is -2.28. The average molecular weight is 398 g/mol. The molecule has 8 nitrogen and oxygen atoms in total. The molecule has 0 aliphatic carbocycles. The molecule has 1 fully saturated rings. The number of benzene rings is 1. The van der Waals surface area contributed by atoms with Crippen LogP contribution >= 0.6 is 0 Å². The zero-order valence-corrected chi connectivity index (χ0v) is 15.8. The van der Waals surface area contributed by atoms with Gasteiger partial charge < -0.3 is 23.7 Å². The van der Waals surface area contributed by atoms with Crippen LogP contribution in [0.2, 0.25) is 0 Å². The molecule has 0 spiro atoms. The number of rotatable bonds is 7. The van der Waals surface area contributed by atoms with E-state index in [1.54, 1.807) is 0 Å². The zero-order valence-electron chi connectivity index (χ0n) is 15.8. The first kappa shape index (κ1) is 21.8. The van der Waals surface area contributed by atoms with Crippen molar-refractivity contribution in [3.05, 3.63) is 35.9 Å². The third-order valence-electron chi connectivity index (χ3n) is 3.85. The van der Waals surface area contributed by atoms with Crippen molar-refractivity contribution in [2.75, 3.05) is 6.61 Å².